The average molecular weight is 191 g/mol. The summed E-state index contributed by atoms with van der Waals surface area (Å²) in [6, 6.07) is 1.93. The van der Waals surface area contributed by atoms with E-state index in [2.05, 4.69) is 10.3 Å². The van der Waals surface area contributed by atoms with E-state index in [0.29, 0.717) is 0 Å². The lowest BCUT2D eigenvalue weighted by molar-refractivity contribution is 0.333. The number of anilines is 2. The Morgan fingerprint density at radius 2 is 2.36 bits per heavy atom. The van der Waals surface area contributed by atoms with Gasteiger partial charge in [-0.15, -0.1) is 0 Å². The largest absolute Gasteiger partial charge is 0.396 e. The smallest absolute Gasteiger partial charge is 0.149 e. The van der Waals surface area contributed by atoms with Gasteiger partial charge in [-0.3, -0.25) is 0 Å². The van der Waals surface area contributed by atoms with Gasteiger partial charge in [-0.25, -0.2) is 4.98 Å². The van der Waals surface area contributed by atoms with E-state index in [1.807, 2.05) is 13.0 Å². The molecule has 1 aliphatic rings. The molecule has 0 saturated heterocycles. The molecule has 1 aliphatic carbocycles. The van der Waals surface area contributed by atoms with Crippen LogP contribution in [0.1, 0.15) is 24.8 Å². The van der Waals surface area contributed by atoms with Crippen LogP contribution in [0.15, 0.2) is 12.3 Å². The highest BCUT2D eigenvalue weighted by atomic mass is 15.0. The van der Waals surface area contributed by atoms with Gasteiger partial charge < -0.3 is 11.1 Å². The SMILES string of the molecule is Cc1ccnc(NCC2CCC2)c1N. The maximum absolute atomic E-state index is 5.90. The number of hydrogen-bond donors (Lipinski definition) is 2. The first-order valence-electron chi connectivity index (χ1n) is 5.22. The molecule has 0 amide bonds. The van der Waals surface area contributed by atoms with Gasteiger partial charge in [-0.2, -0.15) is 0 Å². The van der Waals surface area contributed by atoms with Crippen LogP contribution in [-0.4, -0.2) is 11.5 Å². The van der Waals surface area contributed by atoms with Crippen LogP contribution in [0.5, 0.6) is 0 Å². The highest BCUT2D eigenvalue weighted by molar-refractivity contribution is 5.64. The summed E-state index contributed by atoms with van der Waals surface area (Å²) in [4.78, 5) is 4.23. The number of rotatable bonds is 3. The molecule has 14 heavy (non-hydrogen) atoms. The Balaban J connectivity index is 1.97. The molecule has 3 heteroatoms. The van der Waals surface area contributed by atoms with E-state index in [-0.39, 0.29) is 0 Å². The van der Waals surface area contributed by atoms with E-state index in [0.717, 1.165) is 29.5 Å². The second kappa shape index (κ2) is 3.86. The molecule has 1 aromatic rings. The Labute approximate surface area is 84.7 Å². The lowest BCUT2D eigenvalue weighted by Crippen LogP contribution is -2.21. The summed E-state index contributed by atoms with van der Waals surface area (Å²) in [7, 11) is 0. The highest BCUT2D eigenvalue weighted by Crippen LogP contribution is 2.27. The molecular weight excluding hydrogens is 174 g/mol. The summed E-state index contributed by atoms with van der Waals surface area (Å²) in [5, 5.41) is 3.32. The van der Waals surface area contributed by atoms with Gasteiger partial charge in [0.15, 0.2) is 0 Å². The number of nitrogens with one attached hydrogen (secondary N) is 1. The Hall–Kier alpha value is -1.25. The van der Waals surface area contributed by atoms with Crippen LogP contribution in [0, 0.1) is 12.8 Å². The van der Waals surface area contributed by atoms with Crippen molar-refractivity contribution in [2.75, 3.05) is 17.6 Å². The highest BCUT2D eigenvalue weighted by Gasteiger charge is 2.17. The van der Waals surface area contributed by atoms with Gasteiger partial charge in [0.2, 0.25) is 0 Å². The van der Waals surface area contributed by atoms with Crippen LogP contribution in [0.3, 0.4) is 0 Å². The molecule has 3 nitrogen and oxygen atoms in total. The molecule has 2 rings (SSSR count). The first-order valence-corrected chi connectivity index (χ1v) is 5.22. The van der Waals surface area contributed by atoms with Crippen molar-refractivity contribution in [1.29, 1.82) is 0 Å². The minimum Gasteiger partial charge on any atom is -0.396 e. The standard InChI is InChI=1S/C11H17N3/c1-8-5-6-13-11(10(8)12)14-7-9-3-2-4-9/h5-6,9H,2-4,7,12H2,1H3,(H,13,14). The third kappa shape index (κ3) is 1.81. The summed E-state index contributed by atoms with van der Waals surface area (Å²) in [5.41, 5.74) is 7.78. The predicted octanol–water partition coefficient (Wildman–Crippen LogP) is 2.18. The number of pyridine rings is 1. The molecule has 3 N–H and O–H groups in total. The Morgan fingerprint density at radius 1 is 1.57 bits per heavy atom. The molecule has 0 atom stereocenters. The molecule has 1 heterocycles. The summed E-state index contributed by atoms with van der Waals surface area (Å²) >= 11 is 0. The normalized spacial score (nSPS) is 16.4. The maximum atomic E-state index is 5.90. The van der Waals surface area contributed by atoms with Gasteiger partial charge >= 0.3 is 0 Å². The molecule has 76 valence electrons. The predicted molar refractivity (Wildman–Crippen MR) is 59.2 cm³/mol. The van der Waals surface area contributed by atoms with Crippen LogP contribution in [0.25, 0.3) is 0 Å². The Morgan fingerprint density at radius 3 is 3.00 bits per heavy atom. The van der Waals surface area contributed by atoms with Crippen molar-refractivity contribution < 1.29 is 0 Å². The molecule has 0 spiro atoms. The van der Waals surface area contributed by atoms with Gasteiger partial charge in [0, 0.05) is 12.7 Å². The molecular formula is C11H17N3. The lowest BCUT2D eigenvalue weighted by Gasteiger charge is -2.25. The zero-order valence-electron chi connectivity index (χ0n) is 8.59. The number of aryl methyl sites for hydroxylation is 1. The van der Waals surface area contributed by atoms with Gasteiger partial charge in [-0.05, 0) is 37.3 Å². The fourth-order valence-electron chi connectivity index (χ4n) is 1.65. The summed E-state index contributed by atoms with van der Waals surface area (Å²) in [6.07, 6.45) is 5.87. The van der Waals surface area contributed by atoms with Crippen molar-refractivity contribution in [3.05, 3.63) is 17.8 Å². The zero-order chi connectivity index (χ0) is 9.97. The number of nitrogens with zero attached hydrogens (tertiary/aromatic N) is 1. The number of nitrogen functional groups attached to an aromatic ring is 1. The second-order valence-electron chi connectivity index (χ2n) is 4.07. The molecule has 1 aromatic heterocycles. The van der Waals surface area contributed by atoms with Crippen LogP contribution in [0.2, 0.25) is 0 Å². The van der Waals surface area contributed by atoms with Gasteiger partial charge in [-0.1, -0.05) is 6.42 Å². The van der Waals surface area contributed by atoms with Crippen molar-refractivity contribution >= 4 is 11.5 Å². The fourth-order valence-corrected chi connectivity index (χ4v) is 1.65. The van der Waals surface area contributed by atoms with E-state index >= 15 is 0 Å². The third-order valence-corrected chi connectivity index (χ3v) is 2.99. The van der Waals surface area contributed by atoms with Crippen molar-refractivity contribution in [3.63, 3.8) is 0 Å². The Bertz CT molecular complexity index is 318. The van der Waals surface area contributed by atoms with E-state index in [4.69, 9.17) is 5.73 Å². The molecule has 0 radical (unpaired) electrons. The van der Waals surface area contributed by atoms with E-state index < -0.39 is 0 Å². The van der Waals surface area contributed by atoms with Gasteiger partial charge in [0.25, 0.3) is 0 Å². The summed E-state index contributed by atoms with van der Waals surface area (Å²) in [6.45, 7) is 3.02. The molecule has 1 saturated carbocycles. The van der Waals surface area contributed by atoms with Crippen LogP contribution >= 0.6 is 0 Å². The molecule has 0 aliphatic heterocycles. The minimum atomic E-state index is 0.784. The first-order chi connectivity index (χ1) is 6.77. The third-order valence-electron chi connectivity index (χ3n) is 2.99. The first kappa shape index (κ1) is 9.31. The average Bonchev–Trinajstić information content (AvgIpc) is 2.09. The van der Waals surface area contributed by atoms with Crippen LogP contribution < -0.4 is 11.1 Å². The van der Waals surface area contributed by atoms with Crippen molar-refractivity contribution in [2.24, 2.45) is 5.92 Å². The van der Waals surface area contributed by atoms with Crippen molar-refractivity contribution in [3.8, 4) is 0 Å². The molecule has 0 unspecified atom stereocenters. The molecule has 0 aromatic carbocycles. The van der Waals surface area contributed by atoms with Crippen molar-refractivity contribution in [1.82, 2.24) is 4.98 Å². The zero-order valence-corrected chi connectivity index (χ0v) is 8.59. The second-order valence-corrected chi connectivity index (χ2v) is 4.07. The molecule has 1 fully saturated rings. The van der Waals surface area contributed by atoms with E-state index in [1.165, 1.54) is 19.3 Å². The summed E-state index contributed by atoms with van der Waals surface area (Å²) in [5.74, 6) is 1.67. The van der Waals surface area contributed by atoms with Crippen LogP contribution in [0.4, 0.5) is 11.5 Å². The van der Waals surface area contributed by atoms with Crippen molar-refractivity contribution in [2.45, 2.75) is 26.2 Å². The maximum Gasteiger partial charge on any atom is 0.149 e. The van der Waals surface area contributed by atoms with E-state index in [1.54, 1.807) is 6.20 Å². The topological polar surface area (TPSA) is 50.9 Å². The van der Waals surface area contributed by atoms with Gasteiger partial charge in [0.1, 0.15) is 5.82 Å². The monoisotopic (exact) mass is 191 g/mol. The number of hydrogen-bond acceptors (Lipinski definition) is 3. The fraction of sp³-hybridized carbons (Fsp3) is 0.545. The van der Waals surface area contributed by atoms with Gasteiger partial charge in [0.05, 0.1) is 5.69 Å². The minimum absolute atomic E-state index is 0.784. The summed E-state index contributed by atoms with van der Waals surface area (Å²) < 4.78 is 0. The van der Waals surface area contributed by atoms with Crippen LogP contribution in [-0.2, 0) is 0 Å². The number of aromatic nitrogens is 1. The quantitative estimate of drug-likeness (QED) is 0.770. The molecule has 0 bridgehead atoms. The Kier molecular flexibility index (Phi) is 2.57. The number of nitrogens with two attached hydrogens (primary N) is 1. The van der Waals surface area contributed by atoms with E-state index in [9.17, 15) is 0 Å². The lowest BCUT2D eigenvalue weighted by atomic mass is 9.85.